The molecule has 2 atom stereocenters. The summed E-state index contributed by atoms with van der Waals surface area (Å²) >= 11 is 0. The molecule has 3 nitrogen and oxygen atoms in total. The largest absolute Gasteiger partial charge is 0.393 e. The van der Waals surface area contributed by atoms with E-state index in [4.69, 9.17) is 0 Å². The van der Waals surface area contributed by atoms with Crippen molar-refractivity contribution < 1.29 is 13.5 Å². The van der Waals surface area contributed by atoms with Crippen molar-refractivity contribution in [1.82, 2.24) is 0 Å². The SMILES string of the molecule is CC(C)C(C)C(O)CCS(C)(=O)=O. The van der Waals surface area contributed by atoms with Gasteiger partial charge in [-0.1, -0.05) is 20.8 Å². The Balaban J connectivity index is 3.95. The first-order valence-corrected chi connectivity index (χ1v) is 6.66. The van der Waals surface area contributed by atoms with Crippen molar-refractivity contribution in [3.63, 3.8) is 0 Å². The van der Waals surface area contributed by atoms with Crippen LogP contribution >= 0.6 is 0 Å². The molecule has 4 heteroatoms. The molecule has 0 radical (unpaired) electrons. The fourth-order valence-electron chi connectivity index (χ4n) is 1.04. The second-order valence-electron chi connectivity index (χ2n) is 4.09. The van der Waals surface area contributed by atoms with E-state index >= 15 is 0 Å². The molecule has 0 amide bonds. The van der Waals surface area contributed by atoms with E-state index in [9.17, 15) is 13.5 Å². The van der Waals surface area contributed by atoms with Crippen molar-refractivity contribution in [1.29, 1.82) is 0 Å². The third kappa shape index (κ3) is 6.05. The lowest BCUT2D eigenvalue weighted by atomic mass is 9.91. The Kier molecular flexibility index (Phi) is 4.92. The number of aliphatic hydroxyl groups excluding tert-OH is 1. The van der Waals surface area contributed by atoms with Crippen LogP contribution in [0, 0.1) is 11.8 Å². The summed E-state index contributed by atoms with van der Waals surface area (Å²) in [6.45, 7) is 5.99. The van der Waals surface area contributed by atoms with Gasteiger partial charge in [0, 0.05) is 6.26 Å². The molecule has 0 aliphatic heterocycles. The molecule has 0 aliphatic carbocycles. The Morgan fingerprint density at radius 2 is 1.69 bits per heavy atom. The molecule has 0 saturated carbocycles. The van der Waals surface area contributed by atoms with Crippen LogP contribution in [0.15, 0.2) is 0 Å². The number of hydrogen-bond donors (Lipinski definition) is 1. The third-order valence-electron chi connectivity index (χ3n) is 2.44. The van der Waals surface area contributed by atoms with Crippen molar-refractivity contribution in [3.8, 4) is 0 Å². The minimum absolute atomic E-state index is 0.0746. The lowest BCUT2D eigenvalue weighted by Crippen LogP contribution is -2.24. The van der Waals surface area contributed by atoms with Crippen LogP contribution in [0.2, 0.25) is 0 Å². The van der Waals surface area contributed by atoms with Gasteiger partial charge in [-0.05, 0) is 18.3 Å². The normalized spacial score (nSPS) is 17.4. The van der Waals surface area contributed by atoms with E-state index < -0.39 is 15.9 Å². The molecular formula is C9H20O3S. The zero-order chi connectivity index (χ0) is 10.6. The van der Waals surface area contributed by atoms with Crippen LogP contribution in [0.3, 0.4) is 0 Å². The highest BCUT2D eigenvalue weighted by molar-refractivity contribution is 7.90. The van der Waals surface area contributed by atoms with E-state index in [0.29, 0.717) is 12.3 Å². The van der Waals surface area contributed by atoms with Gasteiger partial charge < -0.3 is 5.11 Å². The van der Waals surface area contributed by atoms with E-state index in [1.54, 1.807) is 0 Å². The fourth-order valence-corrected chi connectivity index (χ4v) is 1.71. The smallest absolute Gasteiger partial charge is 0.147 e. The summed E-state index contributed by atoms with van der Waals surface area (Å²) in [5.41, 5.74) is 0. The first-order chi connectivity index (χ1) is 5.74. The molecule has 0 fully saturated rings. The van der Waals surface area contributed by atoms with Crippen molar-refractivity contribution in [2.75, 3.05) is 12.0 Å². The molecule has 0 rings (SSSR count). The molecule has 0 aromatic rings. The molecule has 0 aliphatic rings. The maximum Gasteiger partial charge on any atom is 0.147 e. The van der Waals surface area contributed by atoms with E-state index in [0.717, 1.165) is 0 Å². The Bertz CT molecular complexity index is 231. The van der Waals surface area contributed by atoms with Crippen LogP contribution in [0.25, 0.3) is 0 Å². The lowest BCUT2D eigenvalue weighted by Gasteiger charge is -2.21. The highest BCUT2D eigenvalue weighted by atomic mass is 32.2. The second-order valence-corrected chi connectivity index (χ2v) is 6.35. The van der Waals surface area contributed by atoms with E-state index in [1.165, 1.54) is 6.26 Å². The van der Waals surface area contributed by atoms with Gasteiger partial charge in [0.05, 0.1) is 11.9 Å². The Hall–Kier alpha value is -0.0900. The van der Waals surface area contributed by atoms with Crippen LogP contribution in [0.5, 0.6) is 0 Å². The van der Waals surface area contributed by atoms with Crippen LogP contribution in [-0.2, 0) is 9.84 Å². The second kappa shape index (κ2) is 4.96. The van der Waals surface area contributed by atoms with Crippen LogP contribution in [0.1, 0.15) is 27.2 Å². The molecule has 0 spiro atoms. The maximum absolute atomic E-state index is 10.8. The summed E-state index contributed by atoms with van der Waals surface area (Å²) in [4.78, 5) is 0. The van der Waals surface area contributed by atoms with Gasteiger partial charge in [0.25, 0.3) is 0 Å². The number of aliphatic hydroxyl groups is 1. The zero-order valence-electron chi connectivity index (χ0n) is 8.82. The summed E-state index contributed by atoms with van der Waals surface area (Å²) in [6.07, 6.45) is 1.03. The molecule has 0 saturated heterocycles. The first-order valence-electron chi connectivity index (χ1n) is 4.60. The average molecular weight is 208 g/mol. The highest BCUT2D eigenvalue weighted by Crippen LogP contribution is 2.17. The van der Waals surface area contributed by atoms with E-state index in [2.05, 4.69) is 0 Å². The van der Waals surface area contributed by atoms with Gasteiger partial charge in [0.15, 0.2) is 0 Å². The zero-order valence-corrected chi connectivity index (χ0v) is 9.63. The summed E-state index contributed by atoms with van der Waals surface area (Å²) in [5.74, 6) is 0.613. The fraction of sp³-hybridized carbons (Fsp3) is 1.00. The van der Waals surface area contributed by atoms with Crippen LogP contribution in [-0.4, -0.2) is 31.6 Å². The summed E-state index contributed by atoms with van der Waals surface area (Å²) < 4.78 is 21.6. The van der Waals surface area contributed by atoms with Crippen molar-refractivity contribution in [2.24, 2.45) is 11.8 Å². The summed E-state index contributed by atoms with van der Waals surface area (Å²) in [5, 5.41) is 9.59. The number of sulfone groups is 1. The topological polar surface area (TPSA) is 54.4 Å². The standard InChI is InChI=1S/C9H20O3S/c1-7(2)8(3)9(10)5-6-13(4,11)12/h7-10H,5-6H2,1-4H3. The van der Waals surface area contributed by atoms with Crippen molar-refractivity contribution in [2.45, 2.75) is 33.3 Å². The summed E-state index contributed by atoms with van der Waals surface area (Å²) in [6, 6.07) is 0. The van der Waals surface area contributed by atoms with Gasteiger partial charge in [-0.15, -0.1) is 0 Å². The van der Waals surface area contributed by atoms with Crippen LogP contribution in [0.4, 0.5) is 0 Å². The molecule has 1 N–H and O–H groups in total. The van der Waals surface area contributed by atoms with Gasteiger partial charge in [-0.25, -0.2) is 8.42 Å². The summed E-state index contributed by atoms with van der Waals surface area (Å²) in [7, 11) is -2.94. The first kappa shape index (κ1) is 12.9. The van der Waals surface area contributed by atoms with Crippen LogP contribution < -0.4 is 0 Å². The quantitative estimate of drug-likeness (QED) is 0.735. The Morgan fingerprint density at radius 3 is 2.00 bits per heavy atom. The van der Waals surface area contributed by atoms with Gasteiger partial charge in [-0.2, -0.15) is 0 Å². The maximum atomic E-state index is 10.8. The van der Waals surface area contributed by atoms with E-state index in [-0.39, 0.29) is 11.7 Å². The van der Waals surface area contributed by atoms with Gasteiger partial charge in [0.1, 0.15) is 9.84 Å². The molecule has 0 bridgehead atoms. The molecule has 0 aromatic heterocycles. The molecule has 2 unspecified atom stereocenters. The van der Waals surface area contributed by atoms with Gasteiger partial charge >= 0.3 is 0 Å². The Labute approximate surface area is 81.1 Å². The van der Waals surface area contributed by atoms with Gasteiger partial charge in [0.2, 0.25) is 0 Å². The number of hydrogen-bond acceptors (Lipinski definition) is 3. The minimum atomic E-state index is -2.94. The molecule has 80 valence electrons. The Morgan fingerprint density at radius 1 is 1.23 bits per heavy atom. The average Bonchev–Trinajstić information content (AvgIpc) is 1.97. The van der Waals surface area contributed by atoms with Crippen molar-refractivity contribution >= 4 is 9.84 Å². The molecular weight excluding hydrogens is 188 g/mol. The third-order valence-corrected chi connectivity index (χ3v) is 3.42. The molecule has 0 heterocycles. The molecule has 13 heavy (non-hydrogen) atoms. The molecule has 0 aromatic carbocycles. The predicted molar refractivity (Wildman–Crippen MR) is 54.3 cm³/mol. The minimum Gasteiger partial charge on any atom is -0.393 e. The van der Waals surface area contributed by atoms with Gasteiger partial charge in [-0.3, -0.25) is 0 Å². The van der Waals surface area contributed by atoms with E-state index in [1.807, 2.05) is 20.8 Å². The number of rotatable bonds is 5. The lowest BCUT2D eigenvalue weighted by molar-refractivity contribution is 0.0891. The highest BCUT2D eigenvalue weighted by Gasteiger charge is 2.18. The van der Waals surface area contributed by atoms with Crippen molar-refractivity contribution in [3.05, 3.63) is 0 Å². The predicted octanol–water partition coefficient (Wildman–Crippen LogP) is 1.07. The monoisotopic (exact) mass is 208 g/mol.